The molecule has 1 aliphatic rings. The predicted octanol–water partition coefficient (Wildman–Crippen LogP) is 3.19. The fourth-order valence-electron chi connectivity index (χ4n) is 2.70. The average Bonchev–Trinajstić information content (AvgIpc) is 2.62. The molecule has 0 aliphatic carbocycles. The van der Waals surface area contributed by atoms with Gasteiger partial charge < -0.3 is 9.80 Å². The lowest BCUT2D eigenvalue weighted by Crippen LogP contribution is -2.48. The number of para-hydroxylation sites is 1. The summed E-state index contributed by atoms with van der Waals surface area (Å²) in [5.74, 6) is -0.383. The lowest BCUT2D eigenvalue weighted by atomic mass is 10.2. The second-order valence-corrected chi connectivity index (χ2v) is 5.50. The van der Waals surface area contributed by atoms with Gasteiger partial charge in [-0.25, -0.2) is 4.39 Å². The van der Waals surface area contributed by atoms with Gasteiger partial charge in [-0.15, -0.1) is 0 Å². The lowest BCUT2D eigenvalue weighted by molar-refractivity contribution is -0.126. The van der Waals surface area contributed by atoms with Gasteiger partial charge in [-0.2, -0.15) is 0 Å². The van der Waals surface area contributed by atoms with Gasteiger partial charge in [0.25, 0.3) is 0 Å². The number of benzene rings is 2. The molecule has 1 heterocycles. The highest BCUT2D eigenvalue weighted by molar-refractivity contribution is 5.92. The van der Waals surface area contributed by atoms with Crippen LogP contribution in [0.2, 0.25) is 0 Å². The Kier molecular flexibility index (Phi) is 4.71. The molecule has 4 heteroatoms. The van der Waals surface area contributed by atoms with Crippen molar-refractivity contribution in [3.63, 3.8) is 0 Å². The van der Waals surface area contributed by atoms with Crippen molar-refractivity contribution in [2.24, 2.45) is 0 Å². The van der Waals surface area contributed by atoms with E-state index in [-0.39, 0.29) is 11.7 Å². The molecule has 1 saturated heterocycles. The third kappa shape index (κ3) is 3.77. The summed E-state index contributed by atoms with van der Waals surface area (Å²) in [7, 11) is 0. The minimum atomic E-state index is -0.314. The predicted molar refractivity (Wildman–Crippen MR) is 90.7 cm³/mol. The van der Waals surface area contributed by atoms with Crippen molar-refractivity contribution in [3.8, 4) is 0 Å². The van der Waals surface area contributed by atoms with Gasteiger partial charge in [0.15, 0.2) is 0 Å². The van der Waals surface area contributed by atoms with Crippen molar-refractivity contribution in [2.45, 2.75) is 0 Å². The van der Waals surface area contributed by atoms with Crippen LogP contribution in [0.4, 0.5) is 10.1 Å². The molecule has 118 valence electrons. The molecule has 2 aromatic rings. The Labute approximate surface area is 135 Å². The quantitative estimate of drug-likeness (QED) is 0.813. The largest absolute Gasteiger partial charge is 0.368 e. The minimum Gasteiger partial charge on any atom is -0.368 e. The van der Waals surface area contributed by atoms with Crippen LogP contribution in [0, 0.1) is 5.82 Å². The molecule has 23 heavy (non-hydrogen) atoms. The van der Waals surface area contributed by atoms with Crippen LogP contribution in [0.15, 0.2) is 60.7 Å². The zero-order valence-electron chi connectivity index (χ0n) is 12.9. The van der Waals surface area contributed by atoms with E-state index in [0.717, 1.165) is 13.1 Å². The van der Waals surface area contributed by atoms with E-state index in [1.165, 1.54) is 17.8 Å². The minimum absolute atomic E-state index is 0.0686. The molecule has 1 fully saturated rings. The van der Waals surface area contributed by atoms with E-state index in [1.54, 1.807) is 29.2 Å². The maximum atomic E-state index is 13.5. The van der Waals surface area contributed by atoms with Crippen LogP contribution in [0.5, 0.6) is 0 Å². The van der Waals surface area contributed by atoms with E-state index in [4.69, 9.17) is 0 Å². The number of hydrogen-bond donors (Lipinski definition) is 0. The van der Waals surface area contributed by atoms with Crippen LogP contribution in [0.3, 0.4) is 0 Å². The number of hydrogen-bond acceptors (Lipinski definition) is 2. The first-order valence-electron chi connectivity index (χ1n) is 7.75. The molecule has 2 aromatic carbocycles. The molecule has 0 aromatic heterocycles. The lowest BCUT2D eigenvalue weighted by Gasteiger charge is -2.35. The zero-order chi connectivity index (χ0) is 16.1. The molecule has 1 aliphatic heterocycles. The van der Waals surface area contributed by atoms with Gasteiger partial charge in [-0.05, 0) is 24.3 Å². The Morgan fingerprint density at radius 3 is 2.26 bits per heavy atom. The molecule has 0 spiro atoms. The first-order valence-corrected chi connectivity index (χ1v) is 7.75. The van der Waals surface area contributed by atoms with Gasteiger partial charge in [-0.1, -0.05) is 36.4 Å². The molecule has 3 nitrogen and oxygen atoms in total. The molecule has 0 atom stereocenters. The first-order chi connectivity index (χ1) is 11.2. The van der Waals surface area contributed by atoms with Gasteiger partial charge in [0.2, 0.25) is 5.91 Å². The third-order valence-corrected chi connectivity index (χ3v) is 4.02. The highest BCUT2D eigenvalue weighted by Gasteiger charge is 2.19. The van der Waals surface area contributed by atoms with Crippen molar-refractivity contribution >= 4 is 17.7 Å². The van der Waals surface area contributed by atoms with E-state index in [2.05, 4.69) is 17.0 Å². The van der Waals surface area contributed by atoms with Gasteiger partial charge >= 0.3 is 0 Å². The Balaban J connectivity index is 1.57. The number of carbonyl (C=O) groups excluding carboxylic acids is 1. The van der Waals surface area contributed by atoms with Crippen LogP contribution >= 0.6 is 0 Å². The molecule has 0 unspecified atom stereocenters. The van der Waals surface area contributed by atoms with E-state index in [1.807, 2.05) is 18.2 Å². The van der Waals surface area contributed by atoms with Gasteiger partial charge in [0, 0.05) is 43.5 Å². The van der Waals surface area contributed by atoms with Crippen molar-refractivity contribution in [3.05, 3.63) is 72.1 Å². The number of halogens is 1. The molecular weight excluding hydrogens is 291 g/mol. The van der Waals surface area contributed by atoms with Crippen molar-refractivity contribution < 1.29 is 9.18 Å². The Morgan fingerprint density at radius 2 is 1.57 bits per heavy atom. The summed E-state index contributed by atoms with van der Waals surface area (Å²) in [6, 6.07) is 16.6. The number of nitrogens with zero attached hydrogens (tertiary/aromatic N) is 2. The number of anilines is 1. The normalized spacial score (nSPS) is 15.2. The highest BCUT2D eigenvalue weighted by atomic mass is 19.1. The standard InChI is InChI=1S/C19H19FN2O/c20-18-9-5-4-6-16(18)10-11-19(23)22-14-12-21(13-15-22)17-7-2-1-3-8-17/h1-11H,12-15H2. The zero-order valence-corrected chi connectivity index (χ0v) is 12.9. The van der Waals surface area contributed by atoms with Gasteiger partial charge in [0.1, 0.15) is 5.82 Å². The maximum Gasteiger partial charge on any atom is 0.246 e. The molecule has 1 amide bonds. The van der Waals surface area contributed by atoms with E-state index < -0.39 is 0 Å². The molecule has 0 saturated carbocycles. The number of carbonyl (C=O) groups is 1. The Bertz CT molecular complexity index is 692. The Morgan fingerprint density at radius 1 is 0.913 bits per heavy atom. The van der Waals surface area contributed by atoms with Crippen LogP contribution in [0.25, 0.3) is 6.08 Å². The molecule has 0 radical (unpaired) electrons. The summed E-state index contributed by atoms with van der Waals surface area (Å²) >= 11 is 0. The van der Waals surface area contributed by atoms with Crippen molar-refractivity contribution in [2.75, 3.05) is 31.1 Å². The maximum absolute atomic E-state index is 13.5. The second-order valence-electron chi connectivity index (χ2n) is 5.50. The SMILES string of the molecule is O=C(C=Cc1ccccc1F)N1CCN(c2ccccc2)CC1. The third-order valence-electron chi connectivity index (χ3n) is 4.02. The fourth-order valence-corrected chi connectivity index (χ4v) is 2.70. The van der Waals surface area contributed by atoms with E-state index >= 15 is 0 Å². The number of amides is 1. The van der Waals surface area contributed by atoms with Gasteiger partial charge in [0.05, 0.1) is 0 Å². The van der Waals surface area contributed by atoms with Crippen LogP contribution < -0.4 is 4.90 Å². The molecule has 3 rings (SSSR count). The van der Waals surface area contributed by atoms with Crippen LogP contribution in [-0.4, -0.2) is 37.0 Å². The summed E-state index contributed by atoms with van der Waals surface area (Å²) in [5.41, 5.74) is 1.62. The molecular formula is C19H19FN2O. The summed E-state index contributed by atoms with van der Waals surface area (Å²) < 4.78 is 13.5. The van der Waals surface area contributed by atoms with Gasteiger partial charge in [-0.3, -0.25) is 4.79 Å². The van der Waals surface area contributed by atoms with E-state index in [0.29, 0.717) is 18.7 Å². The summed E-state index contributed by atoms with van der Waals surface area (Å²) in [6.07, 6.45) is 3.00. The summed E-state index contributed by atoms with van der Waals surface area (Å²) in [4.78, 5) is 16.3. The summed E-state index contributed by atoms with van der Waals surface area (Å²) in [5, 5.41) is 0. The smallest absolute Gasteiger partial charge is 0.246 e. The number of piperazine rings is 1. The highest BCUT2D eigenvalue weighted by Crippen LogP contribution is 2.16. The topological polar surface area (TPSA) is 23.6 Å². The Hall–Kier alpha value is -2.62. The fraction of sp³-hybridized carbons (Fsp3) is 0.211. The first kappa shape index (κ1) is 15.3. The molecule has 0 N–H and O–H groups in total. The summed E-state index contributed by atoms with van der Waals surface area (Å²) in [6.45, 7) is 2.97. The average molecular weight is 310 g/mol. The van der Waals surface area contributed by atoms with E-state index in [9.17, 15) is 9.18 Å². The van der Waals surface area contributed by atoms with Crippen LogP contribution in [0.1, 0.15) is 5.56 Å². The second kappa shape index (κ2) is 7.09. The monoisotopic (exact) mass is 310 g/mol. The van der Waals surface area contributed by atoms with Crippen molar-refractivity contribution in [1.82, 2.24) is 4.90 Å². The number of rotatable bonds is 3. The van der Waals surface area contributed by atoms with Crippen LogP contribution in [-0.2, 0) is 4.79 Å². The van der Waals surface area contributed by atoms with Crippen molar-refractivity contribution in [1.29, 1.82) is 0 Å². The molecule has 0 bridgehead atoms.